The van der Waals surface area contributed by atoms with E-state index in [0.717, 1.165) is 0 Å². The average Bonchev–Trinajstić information content (AvgIpc) is 2.59. The number of para-hydroxylation sites is 1. The molecule has 1 unspecified atom stereocenters. The molecule has 138 valence electrons. The molecule has 0 aliphatic rings. The van der Waals surface area contributed by atoms with Crippen molar-refractivity contribution < 1.29 is 14.3 Å². The molecule has 2 amide bonds. The van der Waals surface area contributed by atoms with Crippen LogP contribution in [0.15, 0.2) is 48.5 Å². The minimum Gasteiger partial charge on any atom is -0.481 e. The summed E-state index contributed by atoms with van der Waals surface area (Å²) in [5.74, 6) is -0.281. The minimum absolute atomic E-state index is 0.0541. The standard InChI is InChI=1S/C21H26N2O3/c1-5-18(26-15-12-10-14(11-13-15)21(2,3)4)20(25)23-17-9-7-6-8-16(17)19(22)24/h6-13,18H,5H2,1-4H3,(H2,22,24)(H,23,25). The fraction of sp³-hybridized carbons (Fsp3) is 0.333. The van der Waals surface area contributed by atoms with Crippen molar-refractivity contribution in [1.82, 2.24) is 0 Å². The molecule has 0 radical (unpaired) electrons. The van der Waals surface area contributed by atoms with E-state index in [2.05, 4.69) is 26.1 Å². The Hall–Kier alpha value is -2.82. The molecule has 0 aliphatic heterocycles. The second-order valence-corrected chi connectivity index (χ2v) is 7.19. The first-order valence-electron chi connectivity index (χ1n) is 8.69. The molecule has 0 saturated heterocycles. The van der Waals surface area contributed by atoms with Gasteiger partial charge in [-0.1, -0.05) is 52.0 Å². The van der Waals surface area contributed by atoms with Crippen LogP contribution in [0.1, 0.15) is 50.0 Å². The molecule has 2 aromatic carbocycles. The Kier molecular flexibility index (Phi) is 6.03. The minimum atomic E-state index is -0.670. The molecule has 5 nitrogen and oxygen atoms in total. The fourth-order valence-corrected chi connectivity index (χ4v) is 2.54. The zero-order valence-electron chi connectivity index (χ0n) is 15.7. The quantitative estimate of drug-likeness (QED) is 0.826. The van der Waals surface area contributed by atoms with E-state index >= 15 is 0 Å². The lowest BCUT2D eigenvalue weighted by Gasteiger charge is -2.21. The van der Waals surface area contributed by atoms with E-state index in [1.54, 1.807) is 24.3 Å². The van der Waals surface area contributed by atoms with Gasteiger partial charge in [0.2, 0.25) is 0 Å². The number of amides is 2. The average molecular weight is 354 g/mol. The van der Waals surface area contributed by atoms with Gasteiger partial charge >= 0.3 is 0 Å². The molecule has 2 rings (SSSR count). The summed E-state index contributed by atoms with van der Waals surface area (Å²) in [6, 6.07) is 14.4. The SMILES string of the molecule is CCC(Oc1ccc(C(C)(C)C)cc1)C(=O)Nc1ccccc1C(N)=O. The predicted molar refractivity (Wildman–Crippen MR) is 103 cm³/mol. The third kappa shape index (κ3) is 4.85. The van der Waals surface area contributed by atoms with E-state index < -0.39 is 12.0 Å². The number of nitrogens with one attached hydrogen (secondary N) is 1. The van der Waals surface area contributed by atoms with Crippen molar-refractivity contribution in [2.75, 3.05) is 5.32 Å². The molecule has 5 heteroatoms. The normalized spacial score (nSPS) is 12.3. The lowest BCUT2D eigenvalue weighted by atomic mass is 9.87. The smallest absolute Gasteiger partial charge is 0.265 e. The molecule has 0 saturated carbocycles. The van der Waals surface area contributed by atoms with Crippen LogP contribution in [-0.4, -0.2) is 17.9 Å². The summed E-state index contributed by atoms with van der Waals surface area (Å²) >= 11 is 0. The van der Waals surface area contributed by atoms with Crippen molar-refractivity contribution in [3.8, 4) is 5.75 Å². The van der Waals surface area contributed by atoms with Crippen LogP contribution in [0, 0.1) is 0 Å². The number of carbonyl (C=O) groups is 2. The fourth-order valence-electron chi connectivity index (χ4n) is 2.54. The van der Waals surface area contributed by atoms with Crippen molar-refractivity contribution in [3.63, 3.8) is 0 Å². The Morgan fingerprint density at radius 2 is 1.69 bits per heavy atom. The number of rotatable bonds is 6. The van der Waals surface area contributed by atoms with Gasteiger partial charge in [0.05, 0.1) is 11.3 Å². The Bertz CT molecular complexity index is 777. The highest BCUT2D eigenvalue weighted by molar-refractivity contribution is 6.04. The van der Waals surface area contributed by atoms with Crippen LogP contribution in [0.3, 0.4) is 0 Å². The Balaban J connectivity index is 2.11. The summed E-state index contributed by atoms with van der Waals surface area (Å²) in [5.41, 5.74) is 7.25. The third-order valence-electron chi connectivity index (χ3n) is 4.11. The molecule has 26 heavy (non-hydrogen) atoms. The van der Waals surface area contributed by atoms with Gasteiger partial charge in [-0.3, -0.25) is 9.59 Å². The van der Waals surface area contributed by atoms with Crippen LogP contribution in [0.2, 0.25) is 0 Å². The number of carbonyl (C=O) groups excluding carboxylic acids is 2. The first kappa shape index (κ1) is 19.5. The number of ether oxygens (including phenoxy) is 1. The summed E-state index contributed by atoms with van der Waals surface area (Å²) < 4.78 is 5.84. The molecule has 2 aromatic rings. The number of primary amides is 1. The molecule has 0 bridgehead atoms. The van der Waals surface area contributed by atoms with Gasteiger partial charge in [-0.2, -0.15) is 0 Å². The first-order chi connectivity index (χ1) is 12.2. The Labute approximate surface area is 154 Å². The van der Waals surface area contributed by atoms with Gasteiger partial charge in [0.1, 0.15) is 5.75 Å². The highest BCUT2D eigenvalue weighted by Gasteiger charge is 2.21. The van der Waals surface area contributed by atoms with Gasteiger partial charge < -0.3 is 15.8 Å². The van der Waals surface area contributed by atoms with Crippen LogP contribution in [0.5, 0.6) is 5.75 Å². The topological polar surface area (TPSA) is 81.4 Å². The molecule has 0 heterocycles. The van der Waals surface area contributed by atoms with Gasteiger partial charge in [0, 0.05) is 0 Å². The number of benzene rings is 2. The molecular weight excluding hydrogens is 328 g/mol. The van der Waals surface area contributed by atoms with Crippen LogP contribution in [-0.2, 0) is 10.2 Å². The van der Waals surface area contributed by atoms with Gasteiger partial charge in [0.25, 0.3) is 11.8 Å². The lowest BCUT2D eigenvalue weighted by molar-refractivity contribution is -0.122. The number of hydrogen-bond acceptors (Lipinski definition) is 3. The van der Waals surface area contributed by atoms with E-state index in [9.17, 15) is 9.59 Å². The van der Waals surface area contributed by atoms with E-state index in [0.29, 0.717) is 17.9 Å². The van der Waals surface area contributed by atoms with Gasteiger partial charge in [0.15, 0.2) is 6.10 Å². The molecule has 0 aliphatic carbocycles. The lowest BCUT2D eigenvalue weighted by Crippen LogP contribution is -2.33. The summed E-state index contributed by atoms with van der Waals surface area (Å²) in [6.45, 7) is 8.29. The Morgan fingerprint density at radius 3 is 2.23 bits per heavy atom. The van der Waals surface area contributed by atoms with Gasteiger partial charge in [-0.15, -0.1) is 0 Å². The second kappa shape index (κ2) is 8.04. The monoisotopic (exact) mass is 354 g/mol. The van der Waals surface area contributed by atoms with Crippen molar-refractivity contribution >= 4 is 17.5 Å². The predicted octanol–water partition coefficient (Wildman–Crippen LogP) is 3.88. The van der Waals surface area contributed by atoms with Crippen LogP contribution >= 0.6 is 0 Å². The van der Waals surface area contributed by atoms with Crippen molar-refractivity contribution in [2.45, 2.75) is 45.6 Å². The van der Waals surface area contributed by atoms with Gasteiger partial charge in [-0.25, -0.2) is 0 Å². The molecular formula is C21H26N2O3. The van der Waals surface area contributed by atoms with Crippen LogP contribution in [0.25, 0.3) is 0 Å². The third-order valence-corrected chi connectivity index (χ3v) is 4.11. The number of hydrogen-bond donors (Lipinski definition) is 2. The molecule has 0 fully saturated rings. The van der Waals surface area contributed by atoms with E-state index in [1.165, 1.54) is 5.56 Å². The van der Waals surface area contributed by atoms with Crippen LogP contribution < -0.4 is 15.8 Å². The summed E-state index contributed by atoms with van der Waals surface area (Å²) in [5, 5.41) is 2.73. The van der Waals surface area contributed by atoms with E-state index in [1.807, 2.05) is 31.2 Å². The van der Waals surface area contributed by atoms with Crippen molar-refractivity contribution in [3.05, 3.63) is 59.7 Å². The van der Waals surface area contributed by atoms with E-state index in [-0.39, 0.29) is 16.9 Å². The Morgan fingerprint density at radius 1 is 1.08 bits per heavy atom. The van der Waals surface area contributed by atoms with E-state index in [4.69, 9.17) is 10.5 Å². The van der Waals surface area contributed by atoms with Crippen molar-refractivity contribution in [1.29, 1.82) is 0 Å². The number of nitrogens with two attached hydrogens (primary N) is 1. The summed E-state index contributed by atoms with van der Waals surface area (Å²) in [6.07, 6.45) is -0.178. The zero-order valence-corrected chi connectivity index (χ0v) is 15.7. The number of anilines is 1. The van der Waals surface area contributed by atoms with Crippen molar-refractivity contribution in [2.24, 2.45) is 5.73 Å². The summed E-state index contributed by atoms with van der Waals surface area (Å²) in [4.78, 5) is 24.0. The highest BCUT2D eigenvalue weighted by atomic mass is 16.5. The second-order valence-electron chi connectivity index (χ2n) is 7.19. The molecule has 3 N–H and O–H groups in total. The first-order valence-corrected chi connectivity index (χ1v) is 8.69. The maximum atomic E-state index is 12.6. The molecule has 0 spiro atoms. The zero-order chi connectivity index (χ0) is 19.3. The van der Waals surface area contributed by atoms with Crippen LogP contribution in [0.4, 0.5) is 5.69 Å². The summed E-state index contributed by atoms with van der Waals surface area (Å²) in [7, 11) is 0. The maximum Gasteiger partial charge on any atom is 0.265 e. The molecule has 0 aromatic heterocycles. The maximum absolute atomic E-state index is 12.6. The van der Waals surface area contributed by atoms with Gasteiger partial charge in [-0.05, 0) is 41.7 Å². The largest absolute Gasteiger partial charge is 0.481 e. The molecule has 1 atom stereocenters. The highest BCUT2D eigenvalue weighted by Crippen LogP contribution is 2.25.